The number of aryl methyl sites for hydroxylation is 1. The van der Waals surface area contributed by atoms with E-state index < -0.39 is 28.5 Å². The molecule has 0 spiro atoms. The van der Waals surface area contributed by atoms with E-state index in [4.69, 9.17) is 16.3 Å². The van der Waals surface area contributed by atoms with Crippen LogP contribution in [-0.4, -0.2) is 44.3 Å². The highest BCUT2D eigenvalue weighted by molar-refractivity contribution is 7.89. The fourth-order valence-corrected chi connectivity index (χ4v) is 5.44. The topological polar surface area (TPSA) is 92.8 Å². The van der Waals surface area contributed by atoms with Crippen LogP contribution in [-0.2, 0) is 26.1 Å². The van der Waals surface area contributed by atoms with Crippen molar-refractivity contribution in [2.75, 3.05) is 19.7 Å². The van der Waals surface area contributed by atoms with Crippen molar-refractivity contribution in [3.63, 3.8) is 0 Å². The molecule has 1 heterocycles. The largest absolute Gasteiger partial charge is 0.452 e. The Bertz CT molecular complexity index is 1060. The number of nitrogens with zero attached hydrogens (tertiary/aromatic N) is 1. The van der Waals surface area contributed by atoms with Gasteiger partial charge in [0, 0.05) is 19.6 Å². The van der Waals surface area contributed by atoms with Gasteiger partial charge >= 0.3 is 5.97 Å². The van der Waals surface area contributed by atoms with Gasteiger partial charge in [0.2, 0.25) is 10.0 Å². The molecule has 7 nitrogen and oxygen atoms in total. The molecule has 0 aliphatic carbocycles. The maximum atomic E-state index is 13.1. The van der Waals surface area contributed by atoms with Gasteiger partial charge in [0.15, 0.2) is 6.61 Å². The molecule has 2 aromatic rings. The molecule has 0 saturated carbocycles. The van der Waals surface area contributed by atoms with Crippen molar-refractivity contribution in [3.05, 3.63) is 64.2 Å². The summed E-state index contributed by atoms with van der Waals surface area (Å²) >= 11 is 6.16. The Kier molecular flexibility index (Phi) is 8.28. The third-order valence-corrected chi connectivity index (χ3v) is 7.67. The Morgan fingerprint density at radius 1 is 1.03 bits per heavy atom. The Morgan fingerprint density at radius 3 is 2.34 bits per heavy atom. The van der Waals surface area contributed by atoms with Crippen molar-refractivity contribution in [1.82, 2.24) is 9.62 Å². The highest BCUT2D eigenvalue weighted by Gasteiger charge is 2.28. The lowest BCUT2D eigenvalue weighted by molar-refractivity contribution is -0.124. The van der Waals surface area contributed by atoms with Crippen LogP contribution < -0.4 is 5.32 Å². The normalized spacial score (nSPS) is 15.1. The van der Waals surface area contributed by atoms with Gasteiger partial charge in [0.05, 0.1) is 10.6 Å². The second-order valence-corrected chi connectivity index (χ2v) is 10.1. The van der Waals surface area contributed by atoms with Crippen LogP contribution in [0.25, 0.3) is 0 Å². The average molecular weight is 479 g/mol. The van der Waals surface area contributed by atoms with E-state index in [-0.39, 0.29) is 15.5 Å². The molecule has 1 aliphatic heterocycles. The molecule has 0 unspecified atom stereocenters. The Balaban J connectivity index is 1.61. The summed E-state index contributed by atoms with van der Waals surface area (Å²) in [5.41, 5.74) is 2.07. The second kappa shape index (κ2) is 10.9. The van der Waals surface area contributed by atoms with Gasteiger partial charge in [0.1, 0.15) is 4.90 Å². The molecular formula is C23H27ClN2O5S. The van der Waals surface area contributed by atoms with E-state index in [0.29, 0.717) is 19.6 Å². The smallest absolute Gasteiger partial charge is 0.338 e. The minimum absolute atomic E-state index is 0.0223. The molecule has 0 bridgehead atoms. The summed E-state index contributed by atoms with van der Waals surface area (Å²) in [5, 5.41) is 2.72. The molecule has 1 saturated heterocycles. The van der Waals surface area contributed by atoms with Crippen LogP contribution in [0.3, 0.4) is 0 Å². The summed E-state index contributed by atoms with van der Waals surface area (Å²) < 4.78 is 32.6. The maximum absolute atomic E-state index is 13.1. The molecule has 1 amide bonds. The van der Waals surface area contributed by atoms with Crippen molar-refractivity contribution in [3.8, 4) is 0 Å². The van der Waals surface area contributed by atoms with E-state index in [1.807, 2.05) is 31.2 Å². The van der Waals surface area contributed by atoms with Gasteiger partial charge in [-0.1, -0.05) is 54.3 Å². The number of hydrogen-bond donors (Lipinski definition) is 1. The zero-order chi connectivity index (χ0) is 23.1. The maximum Gasteiger partial charge on any atom is 0.338 e. The summed E-state index contributed by atoms with van der Waals surface area (Å²) in [6.45, 7) is 2.67. The first-order valence-corrected chi connectivity index (χ1v) is 12.4. The lowest BCUT2D eigenvalue weighted by Gasteiger charge is -2.21. The van der Waals surface area contributed by atoms with Gasteiger partial charge in [0.25, 0.3) is 5.91 Å². The average Bonchev–Trinajstić information content (AvgIpc) is 3.07. The van der Waals surface area contributed by atoms with Crippen molar-refractivity contribution in [2.24, 2.45) is 0 Å². The molecule has 3 rings (SSSR count). The van der Waals surface area contributed by atoms with Crippen LogP contribution in [0.1, 0.15) is 47.2 Å². The van der Waals surface area contributed by atoms with Crippen molar-refractivity contribution in [1.29, 1.82) is 0 Å². The number of amides is 1. The van der Waals surface area contributed by atoms with E-state index in [1.165, 1.54) is 22.5 Å². The fourth-order valence-electron chi connectivity index (χ4n) is 3.42. The van der Waals surface area contributed by atoms with Crippen LogP contribution in [0.4, 0.5) is 0 Å². The number of benzene rings is 2. The monoisotopic (exact) mass is 478 g/mol. The van der Waals surface area contributed by atoms with Crippen LogP contribution in [0.15, 0.2) is 47.4 Å². The third kappa shape index (κ3) is 6.31. The molecule has 1 aliphatic rings. The number of carbonyl (C=O) groups excluding carboxylic acids is 2. The summed E-state index contributed by atoms with van der Waals surface area (Å²) in [5.74, 6) is -1.25. The molecule has 0 aromatic heterocycles. The van der Waals surface area contributed by atoms with Gasteiger partial charge in [-0.25, -0.2) is 13.2 Å². The molecule has 9 heteroatoms. The van der Waals surface area contributed by atoms with Gasteiger partial charge in [-0.15, -0.1) is 0 Å². The highest BCUT2D eigenvalue weighted by Crippen LogP contribution is 2.28. The van der Waals surface area contributed by atoms with E-state index in [2.05, 4.69) is 5.32 Å². The number of sulfonamides is 1. The minimum Gasteiger partial charge on any atom is -0.452 e. The van der Waals surface area contributed by atoms with Gasteiger partial charge in [-0.3, -0.25) is 4.79 Å². The molecule has 0 radical (unpaired) electrons. The van der Waals surface area contributed by atoms with Crippen molar-refractivity contribution < 1.29 is 22.7 Å². The highest BCUT2D eigenvalue weighted by atomic mass is 35.5. The Labute approximate surface area is 193 Å². The first kappa shape index (κ1) is 24.2. The zero-order valence-corrected chi connectivity index (χ0v) is 19.5. The molecule has 1 N–H and O–H groups in total. The Morgan fingerprint density at radius 2 is 1.69 bits per heavy atom. The quantitative estimate of drug-likeness (QED) is 0.612. The van der Waals surface area contributed by atoms with E-state index in [1.54, 1.807) is 0 Å². The number of carbonyl (C=O) groups is 2. The van der Waals surface area contributed by atoms with Crippen molar-refractivity contribution in [2.45, 2.75) is 44.0 Å². The zero-order valence-electron chi connectivity index (χ0n) is 18.0. The predicted molar refractivity (Wildman–Crippen MR) is 122 cm³/mol. The first-order chi connectivity index (χ1) is 15.3. The predicted octanol–water partition coefficient (Wildman–Crippen LogP) is 3.69. The molecular weight excluding hydrogens is 452 g/mol. The minimum atomic E-state index is -3.83. The number of nitrogens with one attached hydrogen (secondary N) is 1. The van der Waals surface area contributed by atoms with E-state index in [9.17, 15) is 18.0 Å². The summed E-state index contributed by atoms with van der Waals surface area (Å²) in [6, 6.07) is 11.7. The number of esters is 1. The number of ether oxygens (including phenoxy) is 1. The summed E-state index contributed by atoms with van der Waals surface area (Å²) in [4.78, 5) is 24.3. The lowest BCUT2D eigenvalue weighted by Crippen LogP contribution is -2.32. The summed E-state index contributed by atoms with van der Waals surface area (Å²) in [6.07, 6.45) is 3.54. The SMILES string of the molecule is Cc1ccc(CNC(=O)COC(=O)c2ccc(Cl)c(S(=O)(=O)N3CCCCCC3)c2)cc1. The van der Waals surface area contributed by atoms with Gasteiger partial charge < -0.3 is 10.1 Å². The van der Waals surface area contributed by atoms with Crippen LogP contribution >= 0.6 is 11.6 Å². The van der Waals surface area contributed by atoms with Crippen molar-refractivity contribution >= 4 is 33.5 Å². The van der Waals surface area contributed by atoms with Gasteiger partial charge in [-0.2, -0.15) is 4.31 Å². The number of hydrogen-bond acceptors (Lipinski definition) is 5. The molecule has 1 fully saturated rings. The van der Waals surface area contributed by atoms with E-state index in [0.717, 1.165) is 36.8 Å². The van der Waals surface area contributed by atoms with Crippen LogP contribution in [0.2, 0.25) is 5.02 Å². The van der Waals surface area contributed by atoms with Crippen LogP contribution in [0, 0.1) is 6.92 Å². The Hall–Kier alpha value is -2.42. The summed E-state index contributed by atoms with van der Waals surface area (Å²) in [7, 11) is -3.83. The van der Waals surface area contributed by atoms with Crippen LogP contribution in [0.5, 0.6) is 0 Å². The molecule has 172 valence electrons. The molecule has 2 aromatic carbocycles. The second-order valence-electron chi connectivity index (χ2n) is 7.80. The third-order valence-electron chi connectivity index (χ3n) is 5.29. The standard InChI is InChI=1S/C23H27ClN2O5S/c1-17-6-8-18(9-7-17)15-25-22(27)16-31-23(28)19-10-11-20(24)21(14-19)32(29,30)26-12-4-2-3-5-13-26/h6-11,14H,2-5,12-13,15-16H2,1H3,(H,25,27). The van der Waals surface area contributed by atoms with Gasteiger partial charge in [-0.05, 0) is 43.5 Å². The molecule has 0 atom stereocenters. The fraction of sp³-hybridized carbons (Fsp3) is 0.391. The number of rotatable bonds is 7. The van der Waals surface area contributed by atoms with E-state index >= 15 is 0 Å². The first-order valence-electron chi connectivity index (χ1n) is 10.6. The number of halogens is 1. The lowest BCUT2D eigenvalue weighted by atomic mass is 10.1. The molecule has 32 heavy (non-hydrogen) atoms.